The molecule has 2 saturated carbocycles. The van der Waals surface area contributed by atoms with Gasteiger partial charge in [0.15, 0.2) is 5.96 Å². The topological polar surface area (TPSA) is 48.9 Å². The van der Waals surface area contributed by atoms with Gasteiger partial charge in [-0.1, -0.05) is 25.7 Å². The Balaban J connectivity index is 0.00000225. The molecule has 1 unspecified atom stereocenters. The summed E-state index contributed by atoms with van der Waals surface area (Å²) >= 11 is 0. The van der Waals surface area contributed by atoms with Crippen LogP contribution < -0.4 is 10.6 Å². The van der Waals surface area contributed by atoms with Gasteiger partial charge in [-0.2, -0.15) is 0 Å². The van der Waals surface area contributed by atoms with Crippen molar-refractivity contribution < 1.29 is 4.74 Å². The maximum Gasteiger partial charge on any atom is 0.191 e. The van der Waals surface area contributed by atoms with Crippen LogP contribution in [0.15, 0.2) is 4.99 Å². The Morgan fingerprint density at radius 2 is 1.80 bits per heavy atom. The summed E-state index contributed by atoms with van der Waals surface area (Å²) in [5.41, 5.74) is 0. The summed E-state index contributed by atoms with van der Waals surface area (Å²) < 4.78 is 6.03. The van der Waals surface area contributed by atoms with Crippen molar-refractivity contribution in [2.24, 2.45) is 10.9 Å². The molecule has 25 heavy (non-hydrogen) atoms. The number of nitrogens with zero attached hydrogens (tertiary/aromatic N) is 2. The normalized spacial score (nSPS) is 26.1. The van der Waals surface area contributed by atoms with E-state index >= 15 is 0 Å². The Bertz CT molecular complexity index is 395. The van der Waals surface area contributed by atoms with E-state index in [0.29, 0.717) is 6.10 Å². The highest BCUT2D eigenvalue weighted by Crippen LogP contribution is 2.31. The van der Waals surface area contributed by atoms with Crippen molar-refractivity contribution in [1.82, 2.24) is 15.5 Å². The molecule has 0 amide bonds. The minimum atomic E-state index is 0. The fourth-order valence-corrected chi connectivity index (χ4v) is 4.07. The van der Waals surface area contributed by atoms with Crippen LogP contribution in [-0.4, -0.2) is 62.8 Å². The first-order valence-corrected chi connectivity index (χ1v) is 10.2. The molecule has 0 aromatic carbocycles. The number of aliphatic imine (C=N–C) groups is 1. The van der Waals surface area contributed by atoms with Crippen molar-refractivity contribution in [3.63, 3.8) is 0 Å². The van der Waals surface area contributed by atoms with Gasteiger partial charge in [0, 0.05) is 32.7 Å². The second-order valence-corrected chi connectivity index (χ2v) is 7.75. The van der Waals surface area contributed by atoms with Crippen molar-refractivity contribution in [3.8, 4) is 0 Å². The van der Waals surface area contributed by atoms with Crippen LogP contribution in [0.25, 0.3) is 0 Å². The van der Waals surface area contributed by atoms with Crippen LogP contribution in [0.1, 0.15) is 57.8 Å². The molecule has 1 heterocycles. The maximum atomic E-state index is 6.03. The monoisotopic (exact) mass is 464 g/mol. The minimum Gasteiger partial charge on any atom is -0.376 e. The van der Waals surface area contributed by atoms with Gasteiger partial charge in [0.25, 0.3) is 0 Å². The number of guanidine groups is 1. The number of likely N-dealkylation sites (tertiary alicyclic amines) is 1. The van der Waals surface area contributed by atoms with Crippen molar-refractivity contribution in [1.29, 1.82) is 0 Å². The molecule has 0 bridgehead atoms. The van der Waals surface area contributed by atoms with E-state index in [1.54, 1.807) is 0 Å². The van der Waals surface area contributed by atoms with Gasteiger partial charge in [-0.15, -0.1) is 24.0 Å². The molecule has 1 aliphatic heterocycles. The van der Waals surface area contributed by atoms with Gasteiger partial charge >= 0.3 is 0 Å². The minimum absolute atomic E-state index is 0. The standard InChI is InChI=1S/C19H36N4O.HI/c1-20-19(21-11-13-24-18-6-4-2-3-5-7-18)22-14-16-10-12-23(15-16)17-8-9-17;/h16-18H,2-15H2,1H3,(H2,20,21,22);1H. The Morgan fingerprint density at radius 1 is 1.04 bits per heavy atom. The van der Waals surface area contributed by atoms with Crippen LogP contribution in [0.2, 0.25) is 0 Å². The van der Waals surface area contributed by atoms with Gasteiger partial charge in [-0.05, 0) is 44.6 Å². The SMILES string of the molecule is CN=C(NCCOC1CCCCCC1)NCC1CCN(C2CC2)C1.I. The summed E-state index contributed by atoms with van der Waals surface area (Å²) in [6.07, 6.45) is 12.6. The second-order valence-electron chi connectivity index (χ2n) is 7.75. The first-order valence-electron chi connectivity index (χ1n) is 10.2. The molecule has 3 fully saturated rings. The summed E-state index contributed by atoms with van der Waals surface area (Å²) in [6.45, 7) is 5.21. The Kier molecular flexibility index (Phi) is 9.84. The average molecular weight is 464 g/mol. The van der Waals surface area contributed by atoms with Crippen LogP contribution in [0.5, 0.6) is 0 Å². The third kappa shape index (κ3) is 7.59. The molecule has 0 spiro atoms. The van der Waals surface area contributed by atoms with Gasteiger partial charge in [0.1, 0.15) is 0 Å². The van der Waals surface area contributed by atoms with Crippen molar-refractivity contribution >= 4 is 29.9 Å². The van der Waals surface area contributed by atoms with Gasteiger partial charge in [-0.3, -0.25) is 4.99 Å². The first-order chi connectivity index (χ1) is 11.8. The quantitative estimate of drug-likeness (QED) is 0.200. The lowest BCUT2D eigenvalue weighted by molar-refractivity contribution is 0.0468. The number of nitrogens with one attached hydrogen (secondary N) is 2. The highest BCUT2D eigenvalue weighted by molar-refractivity contribution is 14.0. The molecule has 2 aliphatic carbocycles. The molecule has 5 nitrogen and oxygen atoms in total. The number of rotatable bonds is 7. The van der Waals surface area contributed by atoms with E-state index in [1.807, 2.05) is 7.05 Å². The van der Waals surface area contributed by atoms with E-state index in [9.17, 15) is 0 Å². The molecule has 0 radical (unpaired) electrons. The molecule has 6 heteroatoms. The highest BCUT2D eigenvalue weighted by atomic mass is 127. The molecule has 1 saturated heterocycles. The molecule has 3 aliphatic rings. The van der Waals surface area contributed by atoms with E-state index in [0.717, 1.165) is 37.6 Å². The summed E-state index contributed by atoms with van der Waals surface area (Å²) in [7, 11) is 1.85. The largest absolute Gasteiger partial charge is 0.376 e. The molecule has 0 aromatic heterocycles. The third-order valence-corrected chi connectivity index (χ3v) is 5.71. The van der Waals surface area contributed by atoms with Gasteiger partial charge in [0.2, 0.25) is 0 Å². The van der Waals surface area contributed by atoms with Gasteiger partial charge < -0.3 is 20.3 Å². The Hall–Kier alpha value is -0.0800. The van der Waals surface area contributed by atoms with E-state index in [2.05, 4.69) is 20.5 Å². The zero-order chi connectivity index (χ0) is 16.6. The summed E-state index contributed by atoms with van der Waals surface area (Å²) in [5.74, 6) is 1.69. The molecule has 146 valence electrons. The van der Waals surface area contributed by atoms with Crippen LogP contribution >= 0.6 is 24.0 Å². The number of hydrogen-bond donors (Lipinski definition) is 2. The van der Waals surface area contributed by atoms with E-state index in [4.69, 9.17) is 4.74 Å². The average Bonchev–Trinajstić information content (AvgIpc) is 3.39. The first kappa shape index (κ1) is 21.2. The van der Waals surface area contributed by atoms with Crippen LogP contribution in [-0.2, 0) is 4.74 Å². The Labute approximate surface area is 170 Å². The predicted molar refractivity (Wildman–Crippen MR) is 115 cm³/mol. The van der Waals surface area contributed by atoms with E-state index < -0.39 is 0 Å². The lowest BCUT2D eigenvalue weighted by Gasteiger charge is -2.18. The number of hydrogen-bond acceptors (Lipinski definition) is 3. The predicted octanol–water partition coefficient (Wildman–Crippen LogP) is 2.99. The molecule has 1 atom stereocenters. The lowest BCUT2D eigenvalue weighted by atomic mass is 10.1. The van der Waals surface area contributed by atoms with Crippen LogP contribution in [0, 0.1) is 5.92 Å². The Morgan fingerprint density at radius 3 is 2.48 bits per heavy atom. The highest BCUT2D eigenvalue weighted by Gasteiger charge is 2.34. The van der Waals surface area contributed by atoms with Crippen LogP contribution in [0.4, 0.5) is 0 Å². The maximum absolute atomic E-state index is 6.03. The summed E-state index contributed by atoms with van der Waals surface area (Å²) in [6, 6.07) is 0.911. The summed E-state index contributed by atoms with van der Waals surface area (Å²) in [5, 5.41) is 6.89. The zero-order valence-electron chi connectivity index (χ0n) is 15.8. The molecule has 0 aromatic rings. The molecule has 2 N–H and O–H groups in total. The fraction of sp³-hybridized carbons (Fsp3) is 0.947. The fourth-order valence-electron chi connectivity index (χ4n) is 4.07. The molecular formula is C19H37IN4O. The summed E-state index contributed by atoms with van der Waals surface area (Å²) in [4.78, 5) is 7.01. The number of ether oxygens (including phenoxy) is 1. The third-order valence-electron chi connectivity index (χ3n) is 5.71. The lowest BCUT2D eigenvalue weighted by Crippen LogP contribution is -2.41. The van der Waals surface area contributed by atoms with Crippen molar-refractivity contribution in [2.45, 2.75) is 69.9 Å². The molecular weight excluding hydrogens is 427 g/mol. The second kappa shape index (κ2) is 11.6. The van der Waals surface area contributed by atoms with Crippen molar-refractivity contribution in [2.75, 3.05) is 39.8 Å². The zero-order valence-corrected chi connectivity index (χ0v) is 18.2. The van der Waals surface area contributed by atoms with Gasteiger partial charge in [-0.25, -0.2) is 0 Å². The van der Waals surface area contributed by atoms with Gasteiger partial charge in [0.05, 0.1) is 12.7 Å². The van der Waals surface area contributed by atoms with Crippen molar-refractivity contribution in [3.05, 3.63) is 0 Å². The van der Waals surface area contributed by atoms with Crippen LogP contribution in [0.3, 0.4) is 0 Å². The molecule has 3 rings (SSSR count). The number of halogens is 1. The van der Waals surface area contributed by atoms with E-state index in [-0.39, 0.29) is 24.0 Å². The van der Waals surface area contributed by atoms with E-state index in [1.165, 1.54) is 70.9 Å². The smallest absolute Gasteiger partial charge is 0.191 e.